The van der Waals surface area contributed by atoms with Crippen molar-refractivity contribution in [2.45, 2.75) is 44.5 Å². The number of allylic oxidation sites excluding steroid dienone is 7. The van der Waals surface area contributed by atoms with Crippen molar-refractivity contribution in [3.8, 4) is 6.07 Å². The molecular formula is C21H22F3NO3S. The third-order valence-corrected chi connectivity index (χ3v) is 8.30. The molecule has 0 bridgehead atoms. The van der Waals surface area contributed by atoms with Crippen LogP contribution in [-0.4, -0.2) is 13.9 Å². The van der Waals surface area contributed by atoms with Gasteiger partial charge in [-0.25, -0.2) is 0 Å². The first-order valence-electron chi connectivity index (χ1n) is 9.76. The maximum atomic E-state index is 12.6. The zero-order chi connectivity index (χ0) is 21.0. The van der Waals surface area contributed by atoms with Gasteiger partial charge in [0.15, 0.2) is 0 Å². The number of halogens is 3. The number of hydrogen-bond donors (Lipinski definition) is 0. The lowest BCUT2D eigenvalue weighted by Crippen LogP contribution is -2.43. The Bertz CT molecular complexity index is 984. The van der Waals surface area contributed by atoms with E-state index in [1.54, 1.807) is 12.2 Å². The minimum absolute atomic E-state index is 0.0471. The lowest BCUT2D eigenvalue weighted by Gasteiger charge is -2.51. The lowest BCUT2D eigenvalue weighted by molar-refractivity contribution is -0.0520. The molecule has 5 atom stereocenters. The van der Waals surface area contributed by atoms with E-state index in [0.29, 0.717) is 17.8 Å². The minimum Gasteiger partial charge on any atom is -0.376 e. The van der Waals surface area contributed by atoms with Gasteiger partial charge < -0.3 is 4.18 Å². The van der Waals surface area contributed by atoms with Crippen LogP contribution in [0.15, 0.2) is 47.3 Å². The van der Waals surface area contributed by atoms with Crippen molar-refractivity contribution >= 4 is 10.1 Å². The van der Waals surface area contributed by atoms with Gasteiger partial charge >= 0.3 is 15.6 Å². The first-order valence-corrected chi connectivity index (χ1v) is 11.2. The molecule has 29 heavy (non-hydrogen) atoms. The van der Waals surface area contributed by atoms with Gasteiger partial charge in [-0.15, -0.1) is 0 Å². The highest BCUT2D eigenvalue weighted by Gasteiger charge is 2.53. The van der Waals surface area contributed by atoms with Crippen LogP contribution in [0.1, 0.15) is 39.0 Å². The van der Waals surface area contributed by atoms with Crippen LogP contribution in [0.3, 0.4) is 0 Å². The van der Waals surface area contributed by atoms with E-state index in [-0.39, 0.29) is 17.1 Å². The Hall–Kier alpha value is -2.01. The van der Waals surface area contributed by atoms with Crippen molar-refractivity contribution in [2.75, 3.05) is 0 Å². The summed E-state index contributed by atoms with van der Waals surface area (Å²) < 4.78 is 64.6. The molecule has 0 unspecified atom stereocenters. The molecule has 2 saturated carbocycles. The number of fused-ring (bicyclic) bond motifs is 5. The molecule has 4 nitrogen and oxygen atoms in total. The van der Waals surface area contributed by atoms with E-state index in [4.69, 9.17) is 5.26 Å². The van der Waals surface area contributed by atoms with Gasteiger partial charge in [-0.05, 0) is 73.0 Å². The average molecular weight is 425 g/mol. The molecule has 8 heteroatoms. The lowest BCUT2D eigenvalue weighted by atomic mass is 9.53. The number of nitriles is 1. The molecule has 0 amide bonds. The van der Waals surface area contributed by atoms with Gasteiger partial charge in [-0.2, -0.15) is 26.9 Å². The first kappa shape index (κ1) is 20.3. The molecule has 0 aliphatic heterocycles. The quantitative estimate of drug-likeness (QED) is 0.349. The summed E-state index contributed by atoms with van der Waals surface area (Å²) in [5.74, 6) is 1.06. The normalized spacial score (nSPS) is 37.7. The maximum Gasteiger partial charge on any atom is 0.534 e. The summed E-state index contributed by atoms with van der Waals surface area (Å²) in [4.78, 5) is 0. The van der Waals surface area contributed by atoms with E-state index in [1.807, 2.05) is 6.08 Å². The van der Waals surface area contributed by atoms with Crippen LogP contribution in [0.25, 0.3) is 0 Å². The van der Waals surface area contributed by atoms with Crippen LogP contribution in [0, 0.1) is 40.4 Å². The van der Waals surface area contributed by atoms with Crippen molar-refractivity contribution in [3.63, 3.8) is 0 Å². The Balaban J connectivity index is 1.57. The smallest absolute Gasteiger partial charge is 0.376 e. The second-order valence-corrected chi connectivity index (χ2v) is 10.1. The average Bonchev–Trinajstić information content (AvgIpc) is 2.97. The molecule has 4 aliphatic carbocycles. The fraction of sp³-hybridized carbons (Fsp3) is 0.571. The largest absolute Gasteiger partial charge is 0.534 e. The van der Waals surface area contributed by atoms with Crippen molar-refractivity contribution in [2.24, 2.45) is 29.1 Å². The van der Waals surface area contributed by atoms with Gasteiger partial charge in [-0.3, -0.25) is 0 Å². The summed E-state index contributed by atoms with van der Waals surface area (Å²) in [5, 5.41) is 9.10. The molecule has 0 saturated heterocycles. The standard InChI is InChI=1S/C21H22F3NO3S/c1-20-10-8-17-16-6-4-15(28-29(26,27)21(22,23)24)12-13(16)2-5-18(17)19(20)7-3-14(20)9-11-25/h2,4,6,9,12,16-19H,3,5,7-8,10H2,1H3/b14-9-/t16-,17+,18+,19-,20+/m0/s1. The summed E-state index contributed by atoms with van der Waals surface area (Å²) in [7, 11) is -5.67. The molecule has 0 aromatic heterocycles. The molecule has 0 aromatic rings. The Morgan fingerprint density at radius 2 is 2.07 bits per heavy atom. The summed E-state index contributed by atoms with van der Waals surface area (Å²) in [5.41, 5.74) is -3.33. The number of hydrogen-bond acceptors (Lipinski definition) is 4. The molecule has 4 rings (SSSR count). The van der Waals surface area contributed by atoms with E-state index in [9.17, 15) is 21.6 Å². The molecule has 0 radical (unpaired) electrons. The Morgan fingerprint density at radius 1 is 1.31 bits per heavy atom. The first-order chi connectivity index (χ1) is 13.6. The molecule has 0 N–H and O–H groups in total. The highest BCUT2D eigenvalue weighted by molar-refractivity contribution is 7.87. The van der Waals surface area contributed by atoms with Gasteiger partial charge in [0.1, 0.15) is 5.76 Å². The third-order valence-electron chi connectivity index (χ3n) is 7.32. The van der Waals surface area contributed by atoms with E-state index in [0.717, 1.165) is 37.7 Å². The summed E-state index contributed by atoms with van der Waals surface area (Å²) >= 11 is 0. The highest BCUT2D eigenvalue weighted by atomic mass is 32.2. The van der Waals surface area contributed by atoms with Gasteiger partial charge in [0, 0.05) is 12.0 Å². The molecule has 0 aromatic carbocycles. The number of alkyl halides is 3. The third kappa shape index (κ3) is 3.24. The van der Waals surface area contributed by atoms with Gasteiger partial charge in [-0.1, -0.05) is 24.6 Å². The van der Waals surface area contributed by atoms with E-state index in [1.165, 1.54) is 17.7 Å². The van der Waals surface area contributed by atoms with Crippen LogP contribution < -0.4 is 0 Å². The fourth-order valence-electron chi connectivity index (χ4n) is 5.97. The van der Waals surface area contributed by atoms with Crippen molar-refractivity contribution in [3.05, 3.63) is 47.3 Å². The Morgan fingerprint density at radius 3 is 2.76 bits per heavy atom. The van der Waals surface area contributed by atoms with Gasteiger partial charge in [0.2, 0.25) is 0 Å². The van der Waals surface area contributed by atoms with Crippen LogP contribution >= 0.6 is 0 Å². The van der Waals surface area contributed by atoms with Gasteiger partial charge in [0.05, 0.1) is 6.07 Å². The fourth-order valence-corrected chi connectivity index (χ4v) is 6.42. The Kier molecular flexibility index (Phi) is 4.73. The number of nitrogens with zero attached hydrogens (tertiary/aromatic N) is 1. The predicted octanol–water partition coefficient (Wildman–Crippen LogP) is 5.15. The van der Waals surface area contributed by atoms with Crippen LogP contribution in [0.4, 0.5) is 13.2 Å². The maximum absolute atomic E-state index is 12.6. The highest BCUT2D eigenvalue weighted by Crippen LogP contribution is 2.62. The zero-order valence-corrected chi connectivity index (χ0v) is 16.8. The molecule has 0 heterocycles. The Labute approximate surface area is 168 Å². The predicted molar refractivity (Wildman–Crippen MR) is 100 cm³/mol. The molecule has 4 aliphatic rings. The molecule has 156 valence electrons. The molecule has 2 fully saturated rings. The van der Waals surface area contributed by atoms with Gasteiger partial charge in [0.25, 0.3) is 0 Å². The van der Waals surface area contributed by atoms with E-state index >= 15 is 0 Å². The van der Waals surface area contributed by atoms with E-state index < -0.39 is 15.6 Å². The second kappa shape index (κ2) is 6.76. The summed E-state index contributed by atoms with van der Waals surface area (Å²) in [6.07, 6.45) is 13.0. The SMILES string of the molecule is C[C@]12CC[C@H]3[C@@H](CC=C4C=C(OS(=O)(=O)C(F)(F)F)C=C[C@@H]43)[C@@H]1CC/C2=C/C#N. The van der Waals surface area contributed by atoms with Crippen molar-refractivity contribution in [1.82, 2.24) is 0 Å². The van der Waals surface area contributed by atoms with Crippen molar-refractivity contribution < 1.29 is 25.8 Å². The number of rotatable bonds is 2. The van der Waals surface area contributed by atoms with Crippen molar-refractivity contribution in [1.29, 1.82) is 5.26 Å². The second-order valence-electron chi connectivity index (χ2n) is 8.58. The molecular weight excluding hydrogens is 403 g/mol. The van der Waals surface area contributed by atoms with E-state index in [2.05, 4.69) is 17.2 Å². The topological polar surface area (TPSA) is 67.2 Å². The van der Waals surface area contributed by atoms with Crippen LogP contribution in [0.2, 0.25) is 0 Å². The minimum atomic E-state index is -5.67. The summed E-state index contributed by atoms with van der Waals surface area (Å²) in [6.45, 7) is 2.26. The monoisotopic (exact) mass is 425 g/mol. The zero-order valence-electron chi connectivity index (χ0n) is 15.9. The van der Waals surface area contributed by atoms with Crippen LogP contribution in [-0.2, 0) is 14.3 Å². The molecule has 0 spiro atoms. The van der Waals surface area contributed by atoms with Crippen LogP contribution in [0.5, 0.6) is 0 Å². The summed E-state index contributed by atoms with van der Waals surface area (Å²) in [6, 6.07) is 2.18.